The van der Waals surface area contributed by atoms with E-state index in [9.17, 15) is 23.2 Å². The van der Waals surface area contributed by atoms with Crippen LogP contribution in [0.2, 0.25) is 0 Å². The molecule has 0 aliphatic carbocycles. The summed E-state index contributed by atoms with van der Waals surface area (Å²) >= 11 is 0. The van der Waals surface area contributed by atoms with Crippen LogP contribution in [0, 0.1) is 11.6 Å². The summed E-state index contributed by atoms with van der Waals surface area (Å²) in [7, 11) is 0. The molecule has 0 saturated carbocycles. The van der Waals surface area contributed by atoms with E-state index >= 15 is 0 Å². The Morgan fingerprint density at radius 3 is 2.54 bits per heavy atom. The number of hydrogen-bond donors (Lipinski definition) is 2. The summed E-state index contributed by atoms with van der Waals surface area (Å²) in [6.45, 7) is 2.61. The molecule has 0 fully saturated rings. The third kappa shape index (κ3) is 4.03. The normalized spacial score (nSPS) is 11.7. The molecule has 1 heterocycles. The second-order valence-corrected chi connectivity index (χ2v) is 5.02. The van der Waals surface area contributed by atoms with Gasteiger partial charge in [0.2, 0.25) is 0 Å². The zero-order chi connectivity index (χ0) is 17.9. The van der Waals surface area contributed by atoms with Gasteiger partial charge in [-0.25, -0.2) is 13.6 Å². The zero-order valence-electron chi connectivity index (χ0n) is 12.9. The van der Waals surface area contributed by atoms with E-state index in [1.54, 1.807) is 0 Å². The fourth-order valence-corrected chi connectivity index (χ4v) is 1.82. The molecular formula is C16H14F2N2O4. The van der Waals surface area contributed by atoms with E-state index in [1.807, 2.05) is 0 Å². The third-order valence-electron chi connectivity index (χ3n) is 3.15. The molecule has 126 valence electrons. The molecule has 24 heavy (non-hydrogen) atoms. The van der Waals surface area contributed by atoms with Gasteiger partial charge in [0.25, 0.3) is 5.91 Å². The smallest absolute Gasteiger partial charge is 0.355 e. The van der Waals surface area contributed by atoms with Crippen molar-refractivity contribution in [2.45, 2.75) is 20.0 Å². The molecule has 0 aliphatic rings. The van der Waals surface area contributed by atoms with Gasteiger partial charge in [-0.05, 0) is 32.0 Å². The number of carbonyl (C=O) groups is 3. The van der Waals surface area contributed by atoms with E-state index in [0.29, 0.717) is 5.56 Å². The van der Waals surface area contributed by atoms with Crippen LogP contribution in [0.3, 0.4) is 0 Å². The van der Waals surface area contributed by atoms with Crippen molar-refractivity contribution in [2.24, 2.45) is 0 Å². The highest BCUT2D eigenvalue weighted by Crippen LogP contribution is 2.16. The number of ether oxygens (including phenoxy) is 1. The van der Waals surface area contributed by atoms with Gasteiger partial charge in [0, 0.05) is 17.8 Å². The lowest BCUT2D eigenvalue weighted by atomic mass is 10.2. The molecule has 0 radical (unpaired) electrons. The lowest BCUT2D eigenvalue weighted by Crippen LogP contribution is -2.30. The fourth-order valence-electron chi connectivity index (χ4n) is 1.82. The van der Waals surface area contributed by atoms with Gasteiger partial charge >= 0.3 is 5.97 Å². The molecule has 0 unspecified atom stereocenters. The van der Waals surface area contributed by atoms with E-state index in [-0.39, 0.29) is 17.2 Å². The number of hydrogen-bond acceptors (Lipinski definition) is 4. The van der Waals surface area contributed by atoms with Crippen molar-refractivity contribution in [3.63, 3.8) is 0 Å². The second kappa shape index (κ2) is 7.03. The topological polar surface area (TPSA) is 88.3 Å². The Kier molecular flexibility index (Phi) is 5.08. The first-order valence-corrected chi connectivity index (χ1v) is 6.94. The summed E-state index contributed by atoms with van der Waals surface area (Å²) < 4.78 is 31.5. The van der Waals surface area contributed by atoms with Crippen molar-refractivity contribution in [1.82, 2.24) is 4.98 Å². The molecule has 0 spiro atoms. The Balaban J connectivity index is 2.01. The number of halogens is 2. The summed E-state index contributed by atoms with van der Waals surface area (Å²) in [5.41, 5.74) is -0.0701. The van der Waals surface area contributed by atoms with E-state index in [0.717, 1.165) is 18.2 Å². The van der Waals surface area contributed by atoms with Crippen molar-refractivity contribution >= 4 is 23.3 Å². The molecule has 8 heteroatoms. The molecule has 2 rings (SSSR count). The number of amides is 1. The van der Waals surface area contributed by atoms with Crippen LogP contribution in [0.5, 0.6) is 0 Å². The Hall–Kier alpha value is -3.03. The number of esters is 1. The van der Waals surface area contributed by atoms with Gasteiger partial charge in [-0.2, -0.15) is 0 Å². The van der Waals surface area contributed by atoms with Crippen LogP contribution < -0.4 is 5.32 Å². The zero-order valence-corrected chi connectivity index (χ0v) is 12.9. The highest BCUT2D eigenvalue weighted by Gasteiger charge is 2.21. The molecular weight excluding hydrogens is 322 g/mol. The summed E-state index contributed by atoms with van der Waals surface area (Å²) in [4.78, 5) is 37.5. The Morgan fingerprint density at radius 2 is 1.92 bits per heavy atom. The molecule has 0 bridgehead atoms. The average molecular weight is 336 g/mol. The maximum Gasteiger partial charge on any atom is 0.355 e. The largest absolute Gasteiger partial charge is 0.448 e. The minimum absolute atomic E-state index is 0.00298. The summed E-state index contributed by atoms with van der Waals surface area (Å²) in [5, 5.41) is 2.14. The van der Waals surface area contributed by atoms with Crippen molar-refractivity contribution in [3.05, 3.63) is 53.4 Å². The highest BCUT2D eigenvalue weighted by atomic mass is 19.1. The monoisotopic (exact) mass is 336 g/mol. The second-order valence-electron chi connectivity index (χ2n) is 5.02. The van der Waals surface area contributed by atoms with Crippen LogP contribution >= 0.6 is 0 Å². The Labute approximate surface area is 135 Å². The van der Waals surface area contributed by atoms with E-state index < -0.39 is 29.6 Å². The van der Waals surface area contributed by atoms with Gasteiger partial charge in [-0.1, -0.05) is 0 Å². The SMILES string of the molecule is CC(=O)c1c[nH]c(C(=O)O[C@H](C)C(=O)Nc2cc(F)ccc2F)c1. The van der Waals surface area contributed by atoms with Gasteiger partial charge in [-0.15, -0.1) is 0 Å². The van der Waals surface area contributed by atoms with Crippen LogP contribution in [0.4, 0.5) is 14.5 Å². The first kappa shape index (κ1) is 17.3. The van der Waals surface area contributed by atoms with Crippen molar-refractivity contribution in [2.75, 3.05) is 5.32 Å². The highest BCUT2D eigenvalue weighted by molar-refractivity contribution is 5.99. The number of aromatic amines is 1. The third-order valence-corrected chi connectivity index (χ3v) is 3.15. The van der Waals surface area contributed by atoms with E-state index in [4.69, 9.17) is 4.74 Å². The quantitative estimate of drug-likeness (QED) is 0.649. The number of Topliss-reactive ketones (excluding diaryl/α,β-unsaturated/α-hetero) is 1. The molecule has 2 aromatic rings. The number of nitrogens with one attached hydrogen (secondary N) is 2. The Bertz CT molecular complexity index is 801. The standard InChI is InChI=1S/C16H14F2N2O4/c1-8(21)10-5-14(19-7-10)16(23)24-9(2)15(22)20-13-6-11(17)3-4-12(13)18/h3-7,9,19H,1-2H3,(H,20,22)/t9-/m1/s1. The number of anilines is 1. The Morgan fingerprint density at radius 1 is 1.21 bits per heavy atom. The summed E-state index contributed by atoms with van der Waals surface area (Å²) in [5.74, 6) is -3.47. The summed E-state index contributed by atoms with van der Waals surface area (Å²) in [6.07, 6.45) is 0.0791. The van der Waals surface area contributed by atoms with Gasteiger partial charge in [0.15, 0.2) is 11.9 Å². The number of ketones is 1. The molecule has 0 aliphatic heterocycles. The number of rotatable bonds is 5. The molecule has 6 nitrogen and oxygen atoms in total. The maximum absolute atomic E-state index is 13.5. The van der Waals surface area contributed by atoms with Crippen molar-refractivity contribution in [3.8, 4) is 0 Å². The van der Waals surface area contributed by atoms with Gasteiger partial charge in [0.1, 0.15) is 17.3 Å². The lowest BCUT2D eigenvalue weighted by Gasteiger charge is -2.13. The molecule has 1 atom stereocenters. The molecule has 0 saturated heterocycles. The number of H-pyrrole nitrogens is 1. The number of benzene rings is 1. The number of aromatic nitrogens is 1. The first-order chi connectivity index (χ1) is 11.3. The van der Waals surface area contributed by atoms with Crippen LogP contribution in [0.25, 0.3) is 0 Å². The van der Waals surface area contributed by atoms with Crippen molar-refractivity contribution in [1.29, 1.82) is 0 Å². The van der Waals surface area contributed by atoms with Crippen LogP contribution in [-0.2, 0) is 9.53 Å². The molecule has 1 amide bonds. The lowest BCUT2D eigenvalue weighted by molar-refractivity contribution is -0.123. The molecule has 1 aromatic carbocycles. The van der Waals surface area contributed by atoms with Gasteiger partial charge in [-0.3, -0.25) is 9.59 Å². The van der Waals surface area contributed by atoms with Crippen LogP contribution in [0.15, 0.2) is 30.5 Å². The molecule has 2 N–H and O–H groups in total. The van der Waals surface area contributed by atoms with Crippen molar-refractivity contribution < 1.29 is 27.9 Å². The van der Waals surface area contributed by atoms with Crippen LogP contribution in [-0.4, -0.2) is 28.7 Å². The number of carbonyl (C=O) groups excluding carboxylic acids is 3. The fraction of sp³-hybridized carbons (Fsp3) is 0.188. The first-order valence-electron chi connectivity index (χ1n) is 6.94. The van der Waals surface area contributed by atoms with E-state index in [2.05, 4.69) is 10.3 Å². The summed E-state index contributed by atoms with van der Waals surface area (Å²) in [6, 6.07) is 3.88. The van der Waals surface area contributed by atoms with E-state index in [1.165, 1.54) is 26.1 Å². The minimum atomic E-state index is -1.26. The minimum Gasteiger partial charge on any atom is -0.448 e. The van der Waals surface area contributed by atoms with Crippen LogP contribution in [0.1, 0.15) is 34.7 Å². The molecule has 1 aromatic heterocycles. The van der Waals surface area contributed by atoms with Gasteiger partial charge in [0.05, 0.1) is 5.69 Å². The average Bonchev–Trinajstić information content (AvgIpc) is 3.01. The predicted molar refractivity (Wildman–Crippen MR) is 80.7 cm³/mol. The van der Waals surface area contributed by atoms with Gasteiger partial charge < -0.3 is 15.0 Å². The maximum atomic E-state index is 13.5. The predicted octanol–water partition coefficient (Wildman–Crippen LogP) is 2.68.